The monoisotopic (exact) mass is 381 g/mol. The van der Waals surface area contributed by atoms with Crippen LogP contribution in [0.3, 0.4) is 0 Å². The first-order valence-corrected chi connectivity index (χ1v) is 9.48. The van der Waals surface area contributed by atoms with E-state index in [1.165, 1.54) is 0 Å². The molecule has 1 N–H and O–H groups in total. The Bertz CT molecular complexity index is 1000. The molecule has 1 aliphatic heterocycles. The lowest BCUT2D eigenvalue weighted by Crippen LogP contribution is -2.67. The van der Waals surface area contributed by atoms with Gasteiger partial charge in [0.25, 0.3) is 5.91 Å². The van der Waals surface area contributed by atoms with Crippen molar-refractivity contribution >= 4 is 34.4 Å². The second kappa shape index (κ2) is 5.96. The van der Waals surface area contributed by atoms with Gasteiger partial charge in [-0.3, -0.25) is 4.79 Å². The molecule has 0 bridgehead atoms. The van der Waals surface area contributed by atoms with Gasteiger partial charge in [0.15, 0.2) is 0 Å². The van der Waals surface area contributed by atoms with Gasteiger partial charge in [-0.05, 0) is 43.2 Å². The van der Waals surface area contributed by atoms with Crippen LogP contribution < -0.4 is 4.90 Å². The fourth-order valence-corrected chi connectivity index (χ4v) is 4.59. The number of aromatic nitrogens is 3. The molecule has 138 valence electrons. The van der Waals surface area contributed by atoms with Crippen molar-refractivity contribution in [3.05, 3.63) is 53.4 Å². The van der Waals surface area contributed by atoms with Crippen molar-refractivity contribution in [2.24, 2.45) is 5.41 Å². The first-order valence-electron chi connectivity index (χ1n) is 9.10. The summed E-state index contributed by atoms with van der Waals surface area (Å²) >= 11 is 5.91. The van der Waals surface area contributed by atoms with Crippen LogP contribution in [0.1, 0.15) is 23.2 Å². The van der Waals surface area contributed by atoms with Gasteiger partial charge in [-0.25, -0.2) is 9.97 Å². The molecule has 1 amide bonds. The molecule has 0 unspecified atom stereocenters. The Kier molecular flexibility index (Phi) is 3.65. The number of rotatable bonds is 3. The molecule has 1 spiro atoms. The number of carbonyl (C=O) groups is 1. The summed E-state index contributed by atoms with van der Waals surface area (Å²) < 4.78 is 0. The summed E-state index contributed by atoms with van der Waals surface area (Å²) in [5.41, 5.74) is 1.84. The first kappa shape index (κ1) is 16.6. The van der Waals surface area contributed by atoms with E-state index in [0.29, 0.717) is 16.6 Å². The Balaban J connectivity index is 1.22. The smallest absolute Gasteiger partial charge is 0.253 e. The van der Waals surface area contributed by atoms with Crippen molar-refractivity contribution in [3.8, 4) is 0 Å². The lowest BCUT2D eigenvalue weighted by atomic mass is 9.60. The highest BCUT2D eigenvalue weighted by Gasteiger charge is 2.54. The number of anilines is 1. The van der Waals surface area contributed by atoms with Crippen LogP contribution in [0.25, 0.3) is 11.0 Å². The summed E-state index contributed by atoms with van der Waals surface area (Å²) in [4.78, 5) is 28.6. The molecule has 2 aliphatic rings. The van der Waals surface area contributed by atoms with Crippen LogP contribution in [0.4, 0.5) is 5.82 Å². The number of hydrogen-bond acceptors (Lipinski definition) is 4. The SMILES string of the molecule is CN(c1ncnc2[nH]ccc12)C1CC2(C1)CN(C(=O)c1ccc(Cl)cc1)C2. The van der Waals surface area contributed by atoms with E-state index in [9.17, 15) is 4.79 Å². The van der Waals surface area contributed by atoms with Gasteiger partial charge in [0.05, 0.1) is 5.39 Å². The van der Waals surface area contributed by atoms with Crippen molar-refractivity contribution in [1.82, 2.24) is 19.9 Å². The Morgan fingerprint density at radius 1 is 1.22 bits per heavy atom. The molecule has 7 heteroatoms. The molecule has 1 aliphatic carbocycles. The van der Waals surface area contributed by atoms with Gasteiger partial charge in [-0.1, -0.05) is 11.6 Å². The molecule has 1 aromatic carbocycles. The summed E-state index contributed by atoms with van der Waals surface area (Å²) in [7, 11) is 2.10. The summed E-state index contributed by atoms with van der Waals surface area (Å²) in [6, 6.07) is 9.59. The number of benzene rings is 1. The van der Waals surface area contributed by atoms with Crippen molar-refractivity contribution < 1.29 is 4.79 Å². The molecule has 1 saturated carbocycles. The lowest BCUT2D eigenvalue weighted by Gasteiger charge is -2.60. The number of nitrogens with one attached hydrogen (secondary N) is 1. The second-order valence-electron chi connectivity index (χ2n) is 7.78. The maximum absolute atomic E-state index is 12.6. The van der Waals surface area contributed by atoms with Crippen molar-refractivity contribution in [2.75, 3.05) is 25.0 Å². The van der Waals surface area contributed by atoms with E-state index in [4.69, 9.17) is 11.6 Å². The number of halogens is 1. The summed E-state index contributed by atoms with van der Waals surface area (Å²) in [6.07, 6.45) is 5.67. The second-order valence-corrected chi connectivity index (χ2v) is 8.21. The molecular weight excluding hydrogens is 362 g/mol. The molecule has 0 atom stereocenters. The van der Waals surface area contributed by atoms with Crippen molar-refractivity contribution in [1.29, 1.82) is 0 Å². The molecule has 3 heterocycles. The number of nitrogens with zero attached hydrogens (tertiary/aromatic N) is 4. The van der Waals surface area contributed by atoms with Gasteiger partial charge in [0.2, 0.25) is 0 Å². The molecule has 27 heavy (non-hydrogen) atoms. The Morgan fingerprint density at radius 2 is 1.96 bits per heavy atom. The van der Waals surface area contributed by atoms with Crippen LogP contribution in [0, 0.1) is 5.41 Å². The van der Waals surface area contributed by atoms with Crippen molar-refractivity contribution in [2.45, 2.75) is 18.9 Å². The van der Waals surface area contributed by atoms with Gasteiger partial charge >= 0.3 is 0 Å². The predicted molar refractivity (Wildman–Crippen MR) is 105 cm³/mol. The largest absolute Gasteiger partial charge is 0.356 e. The third-order valence-corrected chi connectivity index (χ3v) is 6.23. The van der Waals surface area contributed by atoms with Crippen LogP contribution in [0.15, 0.2) is 42.9 Å². The molecule has 2 fully saturated rings. The topological polar surface area (TPSA) is 65.1 Å². The Morgan fingerprint density at radius 3 is 2.70 bits per heavy atom. The Hall–Kier alpha value is -2.60. The lowest BCUT2D eigenvalue weighted by molar-refractivity contribution is -0.0541. The van der Waals surface area contributed by atoms with E-state index in [1.54, 1.807) is 30.6 Å². The van der Waals surface area contributed by atoms with Gasteiger partial charge in [0.1, 0.15) is 17.8 Å². The number of amides is 1. The third kappa shape index (κ3) is 2.67. The average molecular weight is 382 g/mol. The highest BCUT2D eigenvalue weighted by molar-refractivity contribution is 6.30. The van der Waals surface area contributed by atoms with Crippen LogP contribution in [-0.4, -0.2) is 51.9 Å². The first-order chi connectivity index (χ1) is 13.0. The van der Waals surface area contributed by atoms with E-state index in [1.807, 2.05) is 17.2 Å². The fraction of sp³-hybridized carbons (Fsp3) is 0.350. The number of fused-ring (bicyclic) bond motifs is 1. The molecule has 3 aromatic rings. The normalized spacial score (nSPS) is 18.4. The molecule has 6 nitrogen and oxygen atoms in total. The standard InChI is InChI=1S/C20H20ClN5O/c1-25(18-16-6-7-22-17(16)23-12-24-18)15-8-20(9-15)10-26(11-20)19(27)13-2-4-14(21)5-3-13/h2-7,12,15H,8-11H2,1H3,(H,22,23,24). The predicted octanol–water partition coefficient (Wildman–Crippen LogP) is 3.35. The minimum Gasteiger partial charge on any atom is -0.356 e. The van der Waals surface area contributed by atoms with Crippen LogP contribution in [0.5, 0.6) is 0 Å². The highest BCUT2D eigenvalue weighted by atomic mass is 35.5. The van der Waals surface area contributed by atoms with Crippen LogP contribution in [0.2, 0.25) is 5.02 Å². The van der Waals surface area contributed by atoms with E-state index < -0.39 is 0 Å². The maximum atomic E-state index is 12.6. The summed E-state index contributed by atoms with van der Waals surface area (Å²) in [5.74, 6) is 1.06. The minimum atomic E-state index is 0.0962. The zero-order valence-corrected chi connectivity index (χ0v) is 15.8. The quantitative estimate of drug-likeness (QED) is 0.755. The number of carbonyl (C=O) groups excluding carboxylic acids is 1. The van der Waals surface area contributed by atoms with Gasteiger partial charge < -0.3 is 14.8 Å². The summed E-state index contributed by atoms with van der Waals surface area (Å²) in [5, 5.41) is 1.70. The molecule has 2 aromatic heterocycles. The number of H-pyrrole nitrogens is 1. The average Bonchev–Trinajstić information content (AvgIpc) is 3.08. The maximum Gasteiger partial charge on any atom is 0.253 e. The zero-order valence-electron chi connectivity index (χ0n) is 15.0. The van der Waals surface area contributed by atoms with Gasteiger partial charge in [0, 0.05) is 48.4 Å². The fourth-order valence-electron chi connectivity index (χ4n) is 4.47. The number of likely N-dealkylation sites (tertiary alicyclic amines) is 1. The number of aromatic amines is 1. The van der Waals surface area contributed by atoms with Gasteiger partial charge in [-0.2, -0.15) is 0 Å². The molecule has 5 rings (SSSR count). The van der Waals surface area contributed by atoms with E-state index in [-0.39, 0.29) is 11.3 Å². The summed E-state index contributed by atoms with van der Waals surface area (Å²) in [6.45, 7) is 1.67. The molecular formula is C20H20ClN5O. The molecule has 0 radical (unpaired) electrons. The third-order valence-electron chi connectivity index (χ3n) is 5.98. The minimum absolute atomic E-state index is 0.0962. The van der Waals surface area contributed by atoms with Crippen LogP contribution in [-0.2, 0) is 0 Å². The van der Waals surface area contributed by atoms with Gasteiger partial charge in [-0.15, -0.1) is 0 Å². The van der Waals surface area contributed by atoms with E-state index >= 15 is 0 Å². The van der Waals surface area contributed by atoms with Crippen LogP contribution >= 0.6 is 11.6 Å². The highest BCUT2D eigenvalue weighted by Crippen LogP contribution is 2.51. The Labute approximate surface area is 162 Å². The van der Waals surface area contributed by atoms with E-state index in [2.05, 4.69) is 26.9 Å². The zero-order chi connectivity index (χ0) is 18.6. The number of hydrogen-bond donors (Lipinski definition) is 1. The molecule has 1 saturated heterocycles. The van der Waals surface area contributed by atoms with Crippen molar-refractivity contribution in [3.63, 3.8) is 0 Å². The van der Waals surface area contributed by atoms with E-state index in [0.717, 1.165) is 42.8 Å².